The average molecular weight is 369 g/mol. The zero-order chi connectivity index (χ0) is 17.8. The van der Waals surface area contributed by atoms with Gasteiger partial charge in [0.25, 0.3) is 0 Å². The molecule has 1 aromatic heterocycles. The van der Waals surface area contributed by atoms with Gasteiger partial charge in [-0.15, -0.1) is 10.2 Å². The number of thioether (sulfide) groups is 1. The van der Waals surface area contributed by atoms with E-state index in [1.807, 2.05) is 28.8 Å². The van der Waals surface area contributed by atoms with Gasteiger partial charge >= 0.3 is 0 Å². The number of hydrogen-bond acceptors (Lipinski definition) is 4. The molecule has 1 aliphatic heterocycles. The largest absolute Gasteiger partial charge is 0.377 e. The second kappa shape index (κ2) is 8.01. The van der Waals surface area contributed by atoms with Gasteiger partial charge in [0, 0.05) is 12.4 Å². The van der Waals surface area contributed by atoms with Crippen LogP contribution in [0.2, 0.25) is 0 Å². The molecule has 0 bridgehead atoms. The van der Waals surface area contributed by atoms with E-state index in [1.165, 1.54) is 6.07 Å². The molecule has 0 N–H and O–H groups in total. The number of hydrogen-bond donors (Lipinski definition) is 0. The summed E-state index contributed by atoms with van der Waals surface area (Å²) >= 11 is 1.63. The predicted octanol–water partition coefficient (Wildman–Crippen LogP) is 4.40. The summed E-state index contributed by atoms with van der Waals surface area (Å²) in [6, 6.07) is 16.8. The molecule has 2 heterocycles. The fourth-order valence-corrected chi connectivity index (χ4v) is 4.09. The SMILES string of the molecule is Fc1ccccc1-c1nnc(SC[C@H]2CCCO2)n1Cc1ccccc1. The minimum atomic E-state index is -0.287. The molecule has 1 fully saturated rings. The summed E-state index contributed by atoms with van der Waals surface area (Å²) in [5.41, 5.74) is 1.60. The number of rotatable bonds is 6. The fourth-order valence-electron chi connectivity index (χ4n) is 3.09. The van der Waals surface area contributed by atoms with Gasteiger partial charge in [-0.1, -0.05) is 54.2 Å². The third-order valence-corrected chi connectivity index (χ3v) is 5.54. The molecule has 26 heavy (non-hydrogen) atoms. The maximum Gasteiger partial charge on any atom is 0.191 e. The van der Waals surface area contributed by atoms with Crippen LogP contribution in [0.1, 0.15) is 18.4 Å². The topological polar surface area (TPSA) is 39.9 Å². The van der Waals surface area contributed by atoms with Gasteiger partial charge in [0.2, 0.25) is 0 Å². The molecule has 134 valence electrons. The summed E-state index contributed by atoms with van der Waals surface area (Å²) in [5, 5.41) is 9.44. The van der Waals surface area contributed by atoms with Crippen molar-refractivity contribution in [3.05, 3.63) is 66.0 Å². The maximum atomic E-state index is 14.3. The molecular formula is C20H20FN3OS. The summed E-state index contributed by atoms with van der Waals surface area (Å²) in [7, 11) is 0. The van der Waals surface area contributed by atoms with E-state index >= 15 is 0 Å². The molecule has 1 saturated heterocycles. The van der Waals surface area contributed by atoms with Crippen molar-refractivity contribution in [3.63, 3.8) is 0 Å². The Kier molecular flexibility index (Phi) is 5.32. The molecule has 3 aromatic rings. The highest BCUT2D eigenvalue weighted by Gasteiger charge is 2.20. The quantitative estimate of drug-likeness (QED) is 0.604. The Bertz CT molecular complexity index is 863. The average Bonchev–Trinajstić information content (AvgIpc) is 3.32. The van der Waals surface area contributed by atoms with E-state index in [0.717, 1.165) is 35.9 Å². The highest BCUT2D eigenvalue weighted by atomic mass is 32.2. The van der Waals surface area contributed by atoms with E-state index in [2.05, 4.69) is 22.3 Å². The highest BCUT2D eigenvalue weighted by Crippen LogP contribution is 2.28. The van der Waals surface area contributed by atoms with E-state index in [4.69, 9.17) is 4.74 Å². The minimum absolute atomic E-state index is 0.263. The third kappa shape index (κ3) is 3.81. The lowest BCUT2D eigenvalue weighted by Crippen LogP contribution is -2.10. The lowest BCUT2D eigenvalue weighted by Gasteiger charge is -2.12. The van der Waals surface area contributed by atoms with Crippen LogP contribution >= 0.6 is 11.8 Å². The molecule has 2 aromatic carbocycles. The van der Waals surface area contributed by atoms with Gasteiger partial charge in [-0.3, -0.25) is 4.57 Å². The highest BCUT2D eigenvalue weighted by molar-refractivity contribution is 7.99. The summed E-state index contributed by atoms with van der Waals surface area (Å²) < 4.78 is 22.0. The van der Waals surface area contributed by atoms with Gasteiger partial charge in [-0.2, -0.15) is 0 Å². The monoisotopic (exact) mass is 369 g/mol. The second-order valence-corrected chi connectivity index (χ2v) is 7.29. The van der Waals surface area contributed by atoms with Crippen LogP contribution in [-0.4, -0.2) is 33.2 Å². The van der Waals surface area contributed by atoms with E-state index in [-0.39, 0.29) is 11.9 Å². The fraction of sp³-hybridized carbons (Fsp3) is 0.300. The second-order valence-electron chi connectivity index (χ2n) is 6.30. The first-order valence-electron chi connectivity index (χ1n) is 8.77. The van der Waals surface area contributed by atoms with Crippen LogP contribution in [0.5, 0.6) is 0 Å². The van der Waals surface area contributed by atoms with Crippen LogP contribution in [0.4, 0.5) is 4.39 Å². The van der Waals surface area contributed by atoms with Gasteiger partial charge in [-0.05, 0) is 30.5 Å². The van der Waals surface area contributed by atoms with Crippen molar-refractivity contribution < 1.29 is 9.13 Å². The van der Waals surface area contributed by atoms with Crippen LogP contribution in [0.3, 0.4) is 0 Å². The van der Waals surface area contributed by atoms with E-state index in [0.29, 0.717) is 17.9 Å². The lowest BCUT2D eigenvalue weighted by molar-refractivity contribution is 0.129. The van der Waals surface area contributed by atoms with E-state index in [9.17, 15) is 4.39 Å². The Morgan fingerprint density at radius 3 is 2.65 bits per heavy atom. The van der Waals surface area contributed by atoms with Crippen molar-refractivity contribution in [2.75, 3.05) is 12.4 Å². The Hall–Kier alpha value is -2.18. The van der Waals surface area contributed by atoms with Gasteiger partial charge in [0.15, 0.2) is 11.0 Å². The first-order valence-corrected chi connectivity index (χ1v) is 9.76. The van der Waals surface area contributed by atoms with Crippen LogP contribution in [0, 0.1) is 5.82 Å². The summed E-state index contributed by atoms with van der Waals surface area (Å²) in [5.74, 6) is 1.11. The number of nitrogens with zero attached hydrogens (tertiary/aromatic N) is 3. The van der Waals surface area contributed by atoms with Crippen LogP contribution in [0.25, 0.3) is 11.4 Å². The molecular weight excluding hydrogens is 349 g/mol. The first-order chi connectivity index (χ1) is 12.8. The summed E-state index contributed by atoms with van der Waals surface area (Å²) in [4.78, 5) is 0. The number of benzene rings is 2. The number of ether oxygens (including phenoxy) is 1. The van der Waals surface area contributed by atoms with Crippen molar-refractivity contribution in [1.29, 1.82) is 0 Å². The molecule has 0 amide bonds. The molecule has 0 aliphatic carbocycles. The molecule has 4 nitrogen and oxygen atoms in total. The van der Waals surface area contributed by atoms with E-state index in [1.54, 1.807) is 23.9 Å². The normalized spacial score (nSPS) is 16.9. The zero-order valence-electron chi connectivity index (χ0n) is 14.3. The minimum Gasteiger partial charge on any atom is -0.377 e. The number of halogens is 1. The van der Waals surface area contributed by atoms with Crippen molar-refractivity contribution >= 4 is 11.8 Å². The van der Waals surface area contributed by atoms with Crippen molar-refractivity contribution in [3.8, 4) is 11.4 Å². The first kappa shape index (κ1) is 17.2. The van der Waals surface area contributed by atoms with Crippen molar-refractivity contribution in [2.45, 2.75) is 30.6 Å². The molecule has 0 unspecified atom stereocenters. The number of aromatic nitrogens is 3. The lowest BCUT2D eigenvalue weighted by atomic mass is 10.2. The van der Waals surface area contributed by atoms with Gasteiger partial charge in [0.05, 0.1) is 18.2 Å². The molecule has 1 aliphatic rings. The Morgan fingerprint density at radius 2 is 1.88 bits per heavy atom. The van der Waals surface area contributed by atoms with Crippen molar-refractivity contribution in [2.24, 2.45) is 0 Å². The van der Waals surface area contributed by atoms with Crippen LogP contribution in [0.15, 0.2) is 59.8 Å². The van der Waals surface area contributed by atoms with Gasteiger partial charge in [0.1, 0.15) is 5.82 Å². The Labute approximate surface area is 156 Å². The van der Waals surface area contributed by atoms with Crippen molar-refractivity contribution in [1.82, 2.24) is 14.8 Å². The van der Waals surface area contributed by atoms with E-state index < -0.39 is 0 Å². The molecule has 0 saturated carbocycles. The molecule has 4 rings (SSSR count). The predicted molar refractivity (Wildman–Crippen MR) is 101 cm³/mol. The summed E-state index contributed by atoms with van der Waals surface area (Å²) in [6.07, 6.45) is 2.46. The maximum absolute atomic E-state index is 14.3. The smallest absolute Gasteiger partial charge is 0.191 e. The Morgan fingerprint density at radius 1 is 1.08 bits per heavy atom. The molecule has 1 atom stereocenters. The van der Waals surface area contributed by atoms with Gasteiger partial charge < -0.3 is 4.74 Å². The molecule has 0 radical (unpaired) electrons. The standard InChI is InChI=1S/C20H20FN3OS/c21-18-11-5-4-10-17(18)19-22-23-20(26-14-16-9-6-12-25-16)24(19)13-15-7-2-1-3-8-15/h1-5,7-8,10-11,16H,6,9,12-14H2/t16-/m1/s1. The third-order valence-electron chi connectivity index (χ3n) is 4.44. The van der Waals surface area contributed by atoms with Gasteiger partial charge in [-0.25, -0.2) is 4.39 Å². The van der Waals surface area contributed by atoms with Crippen LogP contribution < -0.4 is 0 Å². The zero-order valence-corrected chi connectivity index (χ0v) is 15.2. The van der Waals surface area contributed by atoms with Crippen LogP contribution in [-0.2, 0) is 11.3 Å². The molecule has 6 heteroatoms. The Balaban J connectivity index is 1.66. The summed E-state index contributed by atoms with van der Waals surface area (Å²) in [6.45, 7) is 1.44. The molecule has 0 spiro atoms.